The van der Waals surface area contributed by atoms with Gasteiger partial charge in [0.25, 0.3) is 5.91 Å². The molecule has 130 valence electrons. The highest BCUT2D eigenvalue weighted by Gasteiger charge is 2.35. The molecule has 0 heterocycles. The zero-order valence-electron chi connectivity index (χ0n) is 13.2. The summed E-state index contributed by atoms with van der Waals surface area (Å²) in [6, 6.07) is 12.9. The summed E-state index contributed by atoms with van der Waals surface area (Å²) in [6.07, 6.45) is -4.15. The van der Waals surface area contributed by atoms with Crippen LogP contribution in [0.25, 0.3) is 5.57 Å². The van der Waals surface area contributed by atoms with Gasteiger partial charge in [-0.25, -0.2) is 0 Å². The number of hydrogen-bond donors (Lipinski definition) is 2. The summed E-state index contributed by atoms with van der Waals surface area (Å²) >= 11 is 0. The van der Waals surface area contributed by atoms with Crippen LogP contribution in [0.4, 0.5) is 18.9 Å². The van der Waals surface area contributed by atoms with E-state index in [9.17, 15) is 22.8 Å². The number of allylic oxidation sites excluding steroid dienone is 1. The van der Waals surface area contributed by atoms with Crippen LogP contribution in [-0.4, -0.2) is 25.0 Å². The first-order valence-electron chi connectivity index (χ1n) is 7.28. The number of alkyl halides is 3. The van der Waals surface area contributed by atoms with E-state index in [1.807, 2.05) is 0 Å². The lowest BCUT2D eigenvalue weighted by Gasteiger charge is -2.12. The fourth-order valence-electron chi connectivity index (χ4n) is 2.11. The molecule has 0 spiro atoms. The molecule has 2 rings (SSSR count). The van der Waals surface area contributed by atoms with Gasteiger partial charge in [-0.3, -0.25) is 9.59 Å². The number of anilines is 1. The number of benzene rings is 2. The molecule has 4 nitrogen and oxygen atoms in total. The summed E-state index contributed by atoms with van der Waals surface area (Å²) in [4.78, 5) is 23.4. The predicted molar refractivity (Wildman–Crippen MR) is 88.9 cm³/mol. The highest BCUT2D eigenvalue weighted by atomic mass is 19.4. The molecule has 0 radical (unpaired) electrons. The second-order valence-electron chi connectivity index (χ2n) is 5.07. The molecule has 0 aliphatic heterocycles. The minimum Gasteiger partial charge on any atom is -0.355 e. The van der Waals surface area contributed by atoms with Gasteiger partial charge in [0, 0.05) is 24.4 Å². The lowest BCUT2D eigenvalue weighted by molar-refractivity contribution is -0.112. The topological polar surface area (TPSA) is 58.2 Å². The van der Waals surface area contributed by atoms with E-state index >= 15 is 0 Å². The Morgan fingerprint density at radius 1 is 0.920 bits per heavy atom. The van der Waals surface area contributed by atoms with Crippen LogP contribution < -0.4 is 10.6 Å². The number of halogens is 3. The van der Waals surface area contributed by atoms with Crippen molar-refractivity contribution in [2.75, 3.05) is 12.4 Å². The molecule has 0 saturated heterocycles. The Labute approximate surface area is 142 Å². The first kappa shape index (κ1) is 18.3. The molecule has 0 saturated carbocycles. The summed E-state index contributed by atoms with van der Waals surface area (Å²) < 4.78 is 39.6. The van der Waals surface area contributed by atoms with Crippen LogP contribution in [0.1, 0.15) is 15.9 Å². The zero-order chi connectivity index (χ0) is 18.4. The number of hydrogen-bond acceptors (Lipinski definition) is 2. The van der Waals surface area contributed by atoms with Crippen molar-refractivity contribution >= 4 is 23.1 Å². The maximum atomic E-state index is 13.2. The monoisotopic (exact) mass is 348 g/mol. The second kappa shape index (κ2) is 7.65. The zero-order valence-corrected chi connectivity index (χ0v) is 13.2. The molecule has 0 fully saturated rings. The number of carbonyl (C=O) groups is 2. The van der Waals surface area contributed by atoms with Gasteiger partial charge in [-0.05, 0) is 29.8 Å². The van der Waals surface area contributed by atoms with E-state index in [2.05, 4.69) is 10.6 Å². The van der Waals surface area contributed by atoms with Gasteiger partial charge in [-0.15, -0.1) is 0 Å². The highest BCUT2D eigenvalue weighted by molar-refractivity contribution is 6.05. The minimum absolute atomic E-state index is 0.0971. The van der Waals surface area contributed by atoms with E-state index < -0.39 is 17.7 Å². The third-order valence-corrected chi connectivity index (χ3v) is 3.31. The molecule has 0 aliphatic rings. The van der Waals surface area contributed by atoms with Gasteiger partial charge >= 0.3 is 6.18 Å². The Balaban J connectivity index is 2.21. The Morgan fingerprint density at radius 3 is 2.04 bits per heavy atom. The Bertz CT molecular complexity index is 782. The highest BCUT2D eigenvalue weighted by Crippen LogP contribution is 2.33. The Morgan fingerprint density at radius 2 is 1.52 bits per heavy atom. The smallest absolute Gasteiger partial charge is 0.355 e. The molecule has 0 atom stereocenters. The molecule has 2 aromatic rings. The lowest BCUT2D eigenvalue weighted by atomic mass is 10.1. The molecule has 7 heteroatoms. The Kier molecular flexibility index (Phi) is 5.59. The molecule has 0 aromatic heterocycles. The molecule has 2 amide bonds. The van der Waals surface area contributed by atoms with Gasteiger partial charge in [-0.2, -0.15) is 13.2 Å². The molecular weight excluding hydrogens is 333 g/mol. The van der Waals surface area contributed by atoms with E-state index in [-0.39, 0.29) is 17.2 Å². The summed E-state index contributed by atoms with van der Waals surface area (Å²) in [5.74, 6) is -1.22. The van der Waals surface area contributed by atoms with Gasteiger partial charge in [0.15, 0.2) is 0 Å². The average molecular weight is 348 g/mol. The number of rotatable bonds is 4. The van der Waals surface area contributed by atoms with Gasteiger partial charge in [-0.1, -0.05) is 30.3 Å². The summed E-state index contributed by atoms with van der Waals surface area (Å²) in [7, 11) is 1.48. The number of amides is 2. The molecule has 2 aromatic carbocycles. The van der Waals surface area contributed by atoms with Crippen LogP contribution in [-0.2, 0) is 4.79 Å². The standard InChI is InChI=1S/C18H15F3N2O2/c1-22-17(25)13-7-9-14(10-8-13)23-16(24)11-15(18(19,20)21)12-5-3-2-4-6-12/h2-11H,1H3,(H,22,25)(H,23,24). The number of carbonyl (C=O) groups excluding carboxylic acids is 2. The van der Waals surface area contributed by atoms with E-state index in [1.165, 1.54) is 55.6 Å². The van der Waals surface area contributed by atoms with Crippen LogP contribution in [0.3, 0.4) is 0 Å². The molecule has 0 unspecified atom stereocenters. The normalized spacial score (nSPS) is 11.8. The van der Waals surface area contributed by atoms with Crippen molar-refractivity contribution in [1.82, 2.24) is 5.32 Å². The third-order valence-electron chi connectivity index (χ3n) is 3.31. The largest absolute Gasteiger partial charge is 0.417 e. The molecular formula is C18H15F3N2O2. The average Bonchev–Trinajstić information content (AvgIpc) is 2.59. The van der Waals surface area contributed by atoms with Crippen molar-refractivity contribution in [2.45, 2.75) is 6.18 Å². The van der Waals surface area contributed by atoms with Crippen molar-refractivity contribution in [2.24, 2.45) is 0 Å². The van der Waals surface area contributed by atoms with Gasteiger partial charge in [0.05, 0.1) is 5.57 Å². The van der Waals surface area contributed by atoms with Crippen molar-refractivity contribution in [3.05, 3.63) is 71.8 Å². The first-order chi connectivity index (χ1) is 11.8. The van der Waals surface area contributed by atoms with Crippen molar-refractivity contribution < 1.29 is 22.8 Å². The summed E-state index contributed by atoms with van der Waals surface area (Å²) in [5.41, 5.74) is -0.479. The fraction of sp³-hybridized carbons (Fsp3) is 0.111. The maximum absolute atomic E-state index is 13.2. The van der Waals surface area contributed by atoms with Gasteiger partial charge in [0.1, 0.15) is 0 Å². The van der Waals surface area contributed by atoms with Crippen LogP contribution in [0.2, 0.25) is 0 Å². The van der Waals surface area contributed by atoms with E-state index in [0.29, 0.717) is 11.6 Å². The Hall–Kier alpha value is -3.09. The van der Waals surface area contributed by atoms with E-state index in [1.54, 1.807) is 6.07 Å². The van der Waals surface area contributed by atoms with Crippen LogP contribution in [0, 0.1) is 0 Å². The first-order valence-corrected chi connectivity index (χ1v) is 7.28. The van der Waals surface area contributed by atoms with E-state index in [4.69, 9.17) is 0 Å². The number of nitrogens with one attached hydrogen (secondary N) is 2. The predicted octanol–water partition coefficient (Wildman–Crippen LogP) is 3.63. The maximum Gasteiger partial charge on any atom is 0.417 e. The molecule has 25 heavy (non-hydrogen) atoms. The van der Waals surface area contributed by atoms with Crippen molar-refractivity contribution in [3.63, 3.8) is 0 Å². The third kappa shape index (κ3) is 4.94. The van der Waals surface area contributed by atoms with Crippen LogP contribution in [0.15, 0.2) is 60.7 Å². The summed E-state index contributed by atoms with van der Waals surface area (Å²) in [5, 5.41) is 4.79. The SMILES string of the molecule is CNC(=O)c1ccc(NC(=O)C=C(c2ccccc2)C(F)(F)F)cc1. The molecule has 2 N–H and O–H groups in total. The minimum atomic E-state index is -4.66. The van der Waals surface area contributed by atoms with Crippen LogP contribution >= 0.6 is 0 Å². The molecule has 0 bridgehead atoms. The van der Waals surface area contributed by atoms with Crippen LogP contribution in [0.5, 0.6) is 0 Å². The second-order valence-corrected chi connectivity index (χ2v) is 5.07. The van der Waals surface area contributed by atoms with Crippen molar-refractivity contribution in [3.8, 4) is 0 Å². The quantitative estimate of drug-likeness (QED) is 0.829. The van der Waals surface area contributed by atoms with Crippen molar-refractivity contribution in [1.29, 1.82) is 0 Å². The van der Waals surface area contributed by atoms with Gasteiger partial charge < -0.3 is 10.6 Å². The van der Waals surface area contributed by atoms with Gasteiger partial charge in [0.2, 0.25) is 5.91 Å². The lowest BCUT2D eigenvalue weighted by Crippen LogP contribution is -2.18. The van der Waals surface area contributed by atoms with E-state index in [0.717, 1.165) is 0 Å². The molecule has 0 aliphatic carbocycles. The summed E-state index contributed by atoms with van der Waals surface area (Å²) in [6.45, 7) is 0. The fourth-order valence-corrected chi connectivity index (χ4v) is 2.11.